The van der Waals surface area contributed by atoms with Crippen molar-refractivity contribution in [1.82, 2.24) is 0 Å². The molecule has 0 aromatic heterocycles. The molecule has 1 heterocycles. The van der Waals surface area contributed by atoms with Crippen LogP contribution < -0.4 is 9.47 Å². The number of aliphatic carboxylic acids is 1. The minimum absolute atomic E-state index is 0.00933. The topological polar surface area (TPSA) is 65.0 Å². The van der Waals surface area contributed by atoms with Crippen LogP contribution in [-0.2, 0) is 9.53 Å². The molecule has 1 N–H and O–H groups in total. The fraction of sp³-hybridized carbons (Fsp3) is 0.588. The molecule has 0 radical (unpaired) electrons. The van der Waals surface area contributed by atoms with Gasteiger partial charge in [0.15, 0.2) is 11.5 Å². The minimum atomic E-state index is -0.769. The third kappa shape index (κ3) is 3.35. The number of methoxy groups -OCH3 is 1. The second-order valence-electron chi connectivity index (χ2n) is 6.02. The molecule has 1 saturated heterocycles. The fourth-order valence-electron chi connectivity index (χ4n) is 3.10. The van der Waals surface area contributed by atoms with Gasteiger partial charge in [-0.25, -0.2) is 0 Å². The molecule has 0 amide bonds. The van der Waals surface area contributed by atoms with Crippen LogP contribution in [-0.4, -0.2) is 37.5 Å². The van der Waals surface area contributed by atoms with E-state index in [1.54, 1.807) is 7.11 Å². The van der Waals surface area contributed by atoms with Crippen LogP contribution in [0.1, 0.15) is 37.2 Å². The van der Waals surface area contributed by atoms with Gasteiger partial charge in [-0.05, 0) is 24.8 Å². The van der Waals surface area contributed by atoms with E-state index in [4.69, 9.17) is 14.2 Å². The molecule has 1 aliphatic carbocycles. The second kappa shape index (κ2) is 6.57. The summed E-state index contributed by atoms with van der Waals surface area (Å²) in [6.07, 6.45) is 3.17. The lowest BCUT2D eigenvalue weighted by Gasteiger charge is -2.23. The Balaban J connectivity index is 1.91. The summed E-state index contributed by atoms with van der Waals surface area (Å²) in [4.78, 5) is 11.2. The van der Waals surface area contributed by atoms with Gasteiger partial charge in [0.2, 0.25) is 0 Å². The molecule has 2 aliphatic rings. The maximum absolute atomic E-state index is 11.2. The van der Waals surface area contributed by atoms with Gasteiger partial charge in [-0.2, -0.15) is 0 Å². The molecule has 1 aromatic rings. The maximum Gasteiger partial charge on any atom is 0.303 e. The quantitative estimate of drug-likeness (QED) is 0.839. The Kier molecular flexibility index (Phi) is 4.52. The van der Waals surface area contributed by atoms with Crippen molar-refractivity contribution in [1.29, 1.82) is 0 Å². The zero-order chi connectivity index (χ0) is 15.5. The van der Waals surface area contributed by atoms with Crippen molar-refractivity contribution in [2.45, 2.75) is 37.7 Å². The van der Waals surface area contributed by atoms with Gasteiger partial charge in [-0.3, -0.25) is 4.79 Å². The van der Waals surface area contributed by atoms with E-state index < -0.39 is 5.97 Å². The highest BCUT2D eigenvalue weighted by Crippen LogP contribution is 2.49. The molecule has 1 aliphatic heterocycles. The zero-order valence-corrected chi connectivity index (χ0v) is 12.8. The molecule has 120 valence electrons. The van der Waals surface area contributed by atoms with E-state index in [9.17, 15) is 9.90 Å². The monoisotopic (exact) mass is 306 g/mol. The van der Waals surface area contributed by atoms with Crippen LogP contribution in [0.2, 0.25) is 0 Å². The Morgan fingerprint density at radius 2 is 2.23 bits per heavy atom. The van der Waals surface area contributed by atoms with Gasteiger partial charge in [0, 0.05) is 17.9 Å². The highest BCUT2D eigenvalue weighted by molar-refractivity contribution is 5.69. The lowest BCUT2D eigenvalue weighted by atomic mass is 9.90. The summed E-state index contributed by atoms with van der Waals surface area (Å²) in [5.41, 5.74) is 0.955. The van der Waals surface area contributed by atoms with Crippen molar-refractivity contribution in [3.63, 3.8) is 0 Å². The third-order valence-corrected chi connectivity index (χ3v) is 4.39. The van der Waals surface area contributed by atoms with Crippen molar-refractivity contribution in [2.24, 2.45) is 5.92 Å². The number of carboxylic acids is 1. The Labute approximate surface area is 130 Å². The second-order valence-corrected chi connectivity index (χ2v) is 6.02. The van der Waals surface area contributed by atoms with Gasteiger partial charge in [0.25, 0.3) is 0 Å². The number of carboxylic acid groups (broad SMARTS) is 1. The molecule has 2 fully saturated rings. The predicted octanol–water partition coefficient (Wildman–Crippen LogP) is 2.83. The van der Waals surface area contributed by atoms with Crippen LogP contribution in [0, 0.1) is 5.92 Å². The van der Waals surface area contributed by atoms with Crippen LogP contribution in [0.15, 0.2) is 18.2 Å². The Hall–Kier alpha value is -1.75. The van der Waals surface area contributed by atoms with E-state index in [0.717, 1.165) is 24.8 Å². The molecule has 1 saturated carbocycles. The number of hydrogen-bond donors (Lipinski definition) is 1. The van der Waals surface area contributed by atoms with Gasteiger partial charge in [0.05, 0.1) is 26.7 Å². The minimum Gasteiger partial charge on any atom is -0.493 e. The molecule has 0 spiro atoms. The summed E-state index contributed by atoms with van der Waals surface area (Å²) in [5, 5.41) is 9.23. The van der Waals surface area contributed by atoms with E-state index in [1.807, 2.05) is 18.2 Å². The van der Waals surface area contributed by atoms with E-state index in [2.05, 4.69) is 0 Å². The molecule has 5 nitrogen and oxygen atoms in total. The third-order valence-electron chi connectivity index (χ3n) is 4.39. The van der Waals surface area contributed by atoms with Crippen molar-refractivity contribution >= 4 is 5.97 Å². The van der Waals surface area contributed by atoms with Gasteiger partial charge < -0.3 is 19.3 Å². The molecule has 22 heavy (non-hydrogen) atoms. The highest BCUT2D eigenvalue weighted by Gasteiger charge is 2.36. The van der Waals surface area contributed by atoms with E-state index in [-0.39, 0.29) is 18.4 Å². The SMILES string of the molecule is COc1cccc(C(CC(=O)O)C2CC2)c1OC1CCOC1. The van der Waals surface area contributed by atoms with Crippen molar-refractivity contribution in [2.75, 3.05) is 20.3 Å². The highest BCUT2D eigenvalue weighted by atomic mass is 16.6. The Morgan fingerprint density at radius 1 is 1.41 bits per heavy atom. The summed E-state index contributed by atoms with van der Waals surface area (Å²) >= 11 is 0. The molecule has 2 atom stereocenters. The number of benzene rings is 1. The summed E-state index contributed by atoms with van der Waals surface area (Å²) < 4.78 is 16.9. The molecule has 5 heteroatoms. The predicted molar refractivity (Wildman–Crippen MR) is 80.6 cm³/mol. The van der Waals surface area contributed by atoms with Crippen molar-refractivity contribution < 1.29 is 24.1 Å². The van der Waals surface area contributed by atoms with Gasteiger partial charge in [-0.1, -0.05) is 12.1 Å². The first-order valence-corrected chi connectivity index (χ1v) is 7.82. The summed E-state index contributed by atoms with van der Waals surface area (Å²) in [6.45, 7) is 1.28. The van der Waals surface area contributed by atoms with Crippen LogP contribution in [0.3, 0.4) is 0 Å². The van der Waals surface area contributed by atoms with Gasteiger partial charge in [0.1, 0.15) is 6.10 Å². The molecule has 0 bridgehead atoms. The average Bonchev–Trinajstić information content (AvgIpc) is 3.22. The molecular weight excluding hydrogens is 284 g/mol. The Bertz CT molecular complexity index is 532. The Morgan fingerprint density at radius 3 is 2.82 bits per heavy atom. The van der Waals surface area contributed by atoms with Crippen LogP contribution in [0.5, 0.6) is 11.5 Å². The number of ether oxygens (including phenoxy) is 3. The van der Waals surface area contributed by atoms with E-state index >= 15 is 0 Å². The lowest BCUT2D eigenvalue weighted by Crippen LogP contribution is -2.19. The van der Waals surface area contributed by atoms with Crippen LogP contribution in [0.25, 0.3) is 0 Å². The van der Waals surface area contributed by atoms with Crippen molar-refractivity contribution in [3.8, 4) is 11.5 Å². The van der Waals surface area contributed by atoms with Crippen LogP contribution in [0.4, 0.5) is 0 Å². The standard InChI is InChI=1S/C17H22O5/c1-20-15-4-2-3-13(14(9-16(18)19)11-5-6-11)17(15)22-12-7-8-21-10-12/h2-4,11-12,14H,5-10H2,1H3,(H,18,19). The fourth-order valence-corrected chi connectivity index (χ4v) is 3.10. The van der Waals surface area contributed by atoms with Gasteiger partial charge in [-0.15, -0.1) is 0 Å². The first-order chi connectivity index (χ1) is 10.7. The number of hydrogen-bond acceptors (Lipinski definition) is 4. The molecular formula is C17H22O5. The zero-order valence-electron chi connectivity index (χ0n) is 12.8. The maximum atomic E-state index is 11.2. The van der Waals surface area contributed by atoms with E-state index in [1.165, 1.54) is 0 Å². The largest absolute Gasteiger partial charge is 0.493 e. The number of carbonyl (C=O) groups is 1. The molecule has 1 aromatic carbocycles. The summed E-state index contributed by atoms with van der Waals surface area (Å²) in [5.74, 6) is 1.02. The first-order valence-electron chi connectivity index (χ1n) is 7.82. The molecule has 2 unspecified atom stereocenters. The van der Waals surface area contributed by atoms with Crippen molar-refractivity contribution in [3.05, 3.63) is 23.8 Å². The molecule has 3 rings (SSSR count). The lowest BCUT2D eigenvalue weighted by molar-refractivity contribution is -0.137. The number of rotatable bonds is 7. The smallest absolute Gasteiger partial charge is 0.303 e. The first kappa shape index (κ1) is 15.2. The average molecular weight is 306 g/mol. The van der Waals surface area contributed by atoms with E-state index in [0.29, 0.717) is 30.6 Å². The summed E-state index contributed by atoms with van der Waals surface area (Å²) in [6, 6.07) is 5.74. The number of para-hydroxylation sites is 1. The normalized spacial score (nSPS) is 22.3. The summed E-state index contributed by atoms with van der Waals surface area (Å²) in [7, 11) is 1.61. The van der Waals surface area contributed by atoms with Crippen LogP contribution >= 0.6 is 0 Å². The van der Waals surface area contributed by atoms with Gasteiger partial charge >= 0.3 is 5.97 Å².